The standard InChI is InChI=1S/C21H29N3O3/c1-13(2)16-9-6-10-17(11-16)22-18(25)12-24-19(26)21(23-20(24)27)14(3)7-5-8-15(21)4/h6,9-11,13-15H,5,7-8,12H2,1-4H3,(H,22,25)(H,23,27)/t14-,15-/m1/s1. The Labute approximate surface area is 160 Å². The number of imide groups is 1. The molecular formula is C21H29N3O3. The predicted molar refractivity (Wildman–Crippen MR) is 104 cm³/mol. The van der Waals surface area contributed by atoms with Crippen molar-refractivity contribution in [2.45, 2.75) is 58.4 Å². The summed E-state index contributed by atoms with van der Waals surface area (Å²) in [4.78, 5) is 39.2. The highest BCUT2D eigenvalue weighted by molar-refractivity contribution is 6.10. The van der Waals surface area contributed by atoms with Crippen LogP contribution in [0.4, 0.5) is 10.5 Å². The van der Waals surface area contributed by atoms with Crippen LogP contribution in [0.15, 0.2) is 24.3 Å². The van der Waals surface area contributed by atoms with Crippen LogP contribution in [0, 0.1) is 11.8 Å². The number of benzene rings is 1. The average molecular weight is 371 g/mol. The molecule has 0 unspecified atom stereocenters. The number of carbonyl (C=O) groups is 3. The zero-order valence-corrected chi connectivity index (χ0v) is 16.5. The number of rotatable bonds is 4. The van der Waals surface area contributed by atoms with Gasteiger partial charge in [0, 0.05) is 5.69 Å². The van der Waals surface area contributed by atoms with Gasteiger partial charge in [-0.1, -0.05) is 46.2 Å². The van der Waals surface area contributed by atoms with Crippen molar-refractivity contribution in [2.75, 3.05) is 11.9 Å². The molecule has 3 rings (SSSR count). The van der Waals surface area contributed by atoms with E-state index in [0.717, 1.165) is 29.7 Å². The maximum atomic E-state index is 13.1. The summed E-state index contributed by atoms with van der Waals surface area (Å²) in [5, 5.41) is 5.73. The van der Waals surface area contributed by atoms with Crippen LogP contribution >= 0.6 is 0 Å². The highest BCUT2D eigenvalue weighted by atomic mass is 16.2. The third-order valence-electron chi connectivity index (χ3n) is 6.13. The molecule has 146 valence electrons. The van der Waals surface area contributed by atoms with Crippen LogP contribution in [-0.4, -0.2) is 34.8 Å². The van der Waals surface area contributed by atoms with E-state index in [2.05, 4.69) is 24.5 Å². The Balaban J connectivity index is 1.72. The maximum absolute atomic E-state index is 13.1. The number of hydrogen-bond donors (Lipinski definition) is 2. The van der Waals surface area contributed by atoms with Gasteiger partial charge in [0.2, 0.25) is 5.91 Å². The van der Waals surface area contributed by atoms with Crippen molar-refractivity contribution in [1.82, 2.24) is 10.2 Å². The number of nitrogens with one attached hydrogen (secondary N) is 2. The zero-order valence-electron chi connectivity index (χ0n) is 16.5. The van der Waals surface area contributed by atoms with Gasteiger partial charge in [0.25, 0.3) is 5.91 Å². The molecule has 4 amide bonds. The molecule has 1 aliphatic carbocycles. The summed E-state index contributed by atoms with van der Waals surface area (Å²) < 4.78 is 0. The molecule has 6 heteroatoms. The van der Waals surface area contributed by atoms with Crippen LogP contribution in [0.3, 0.4) is 0 Å². The van der Waals surface area contributed by atoms with Gasteiger partial charge in [-0.2, -0.15) is 0 Å². The second-order valence-corrected chi connectivity index (χ2v) is 8.25. The van der Waals surface area contributed by atoms with E-state index in [9.17, 15) is 14.4 Å². The van der Waals surface area contributed by atoms with Crippen molar-refractivity contribution < 1.29 is 14.4 Å². The van der Waals surface area contributed by atoms with E-state index in [1.54, 1.807) is 0 Å². The van der Waals surface area contributed by atoms with Gasteiger partial charge >= 0.3 is 6.03 Å². The maximum Gasteiger partial charge on any atom is 0.325 e. The van der Waals surface area contributed by atoms with Gasteiger partial charge in [-0.25, -0.2) is 4.79 Å². The van der Waals surface area contributed by atoms with E-state index in [1.807, 2.05) is 38.1 Å². The van der Waals surface area contributed by atoms with E-state index < -0.39 is 11.6 Å². The quantitative estimate of drug-likeness (QED) is 0.795. The fourth-order valence-corrected chi connectivity index (χ4v) is 4.42. The summed E-state index contributed by atoms with van der Waals surface area (Å²) in [6, 6.07) is 7.16. The van der Waals surface area contributed by atoms with E-state index in [0.29, 0.717) is 11.6 Å². The summed E-state index contributed by atoms with van der Waals surface area (Å²) in [6.07, 6.45) is 2.86. The second kappa shape index (κ2) is 7.33. The van der Waals surface area contributed by atoms with Crippen LogP contribution in [0.25, 0.3) is 0 Å². The molecule has 2 aliphatic rings. The van der Waals surface area contributed by atoms with E-state index in [1.165, 1.54) is 0 Å². The Morgan fingerprint density at radius 2 is 1.93 bits per heavy atom. The first-order chi connectivity index (χ1) is 12.8. The Bertz CT molecular complexity index is 749. The molecule has 1 aromatic carbocycles. The van der Waals surface area contributed by atoms with Crippen molar-refractivity contribution in [3.63, 3.8) is 0 Å². The number of carbonyl (C=O) groups excluding carboxylic acids is 3. The van der Waals surface area contributed by atoms with Gasteiger partial charge in [0.1, 0.15) is 12.1 Å². The minimum atomic E-state index is -0.868. The van der Waals surface area contributed by atoms with Gasteiger partial charge < -0.3 is 10.6 Å². The Hall–Kier alpha value is -2.37. The molecule has 2 atom stereocenters. The lowest BCUT2D eigenvalue weighted by Gasteiger charge is -2.42. The molecule has 1 spiro atoms. The SMILES string of the molecule is CC(C)c1cccc(NC(=O)CN2C(=O)NC3(C2=O)[C@H](C)CCC[C@H]3C)c1. The molecule has 2 N–H and O–H groups in total. The summed E-state index contributed by atoms with van der Waals surface area (Å²) in [5.74, 6) is -0.158. The molecule has 27 heavy (non-hydrogen) atoms. The van der Waals surface area contributed by atoms with Gasteiger partial charge in [0.05, 0.1) is 0 Å². The first-order valence-corrected chi connectivity index (χ1v) is 9.79. The first kappa shape index (κ1) is 19.4. The van der Waals surface area contributed by atoms with Crippen molar-refractivity contribution in [2.24, 2.45) is 11.8 Å². The predicted octanol–water partition coefficient (Wildman–Crippen LogP) is 3.50. The molecule has 1 heterocycles. The largest absolute Gasteiger partial charge is 0.325 e. The van der Waals surface area contributed by atoms with E-state index >= 15 is 0 Å². The topological polar surface area (TPSA) is 78.5 Å². The minimum absolute atomic E-state index is 0.0634. The zero-order chi connectivity index (χ0) is 19.8. The van der Waals surface area contributed by atoms with Crippen molar-refractivity contribution in [3.05, 3.63) is 29.8 Å². The van der Waals surface area contributed by atoms with Crippen LogP contribution in [0.5, 0.6) is 0 Å². The van der Waals surface area contributed by atoms with Gasteiger partial charge in [0.15, 0.2) is 0 Å². The first-order valence-electron chi connectivity index (χ1n) is 9.79. The molecule has 6 nitrogen and oxygen atoms in total. The Morgan fingerprint density at radius 3 is 2.56 bits per heavy atom. The minimum Gasteiger partial charge on any atom is -0.325 e. The van der Waals surface area contributed by atoms with Crippen LogP contribution < -0.4 is 10.6 Å². The summed E-state index contributed by atoms with van der Waals surface area (Å²) in [6.45, 7) is 7.92. The summed E-state index contributed by atoms with van der Waals surface area (Å²) in [5.41, 5.74) is 0.923. The second-order valence-electron chi connectivity index (χ2n) is 8.25. The normalized spacial score (nSPS) is 24.4. The van der Waals surface area contributed by atoms with Gasteiger partial charge in [-0.3, -0.25) is 14.5 Å². The van der Waals surface area contributed by atoms with Gasteiger partial charge in [-0.15, -0.1) is 0 Å². The summed E-state index contributed by atoms with van der Waals surface area (Å²) >= 11 is 0. The number of hydrogen-bond acceptors (Lipinski definition) is 3. The highest BCUT2D eigenvalue weighted by Crippen LogP contribution is 2.42. The number of amides is 4. The lowest BCUT2D eigenvalue weighted by molar-refractivity contribution is -0.138. The number of anilines is 1. The molecule has 2 fully saturated rings. The van der Waals surface area contributed by atoms with Crippen LogP contribution in [0.1, 0.15) is 58.4 Å². The Kier molecular flexibility index (Phi) is 5.27. The smallest absolute Gasteiger partial charge is 0.325 e. The fraction of sp³-hybridized carbons (Fsp3) is 0.571. The fourth-order valence-electron chi connectivity index (χ4n) is 4.42. The highest BCUT2D eigenvalue weighted by Gasteiger charge is 2.58. The van der Waals surface area contributed by atoms with Crippen molar-refractivity contribution in [1.29, 1.82) is 0 Å². The molecule has 1 aliphatic heterocycles. The molecule has 1 saturated carbocycles. The molecule has 0 radical (unpaired) electrons. The Morgan fingerprint density at radius 1 is 1.26 bits per heavy atom. The summed E-state index contributed by atoms with van der Waals surface area (Å²) in [7, 11) is 0. The number of urea groups is 1. The molecule has 0 bridgehead atoms. The third kappa shape index (κ3) is 3.45. The number of nitrogens with zero attached hydrogens (tertiary/aromatic N) is 1. The molecule has 1 aromatic rings. The third-order valence-corrected chi connectivity index (χ3v) is 6.13. The van der Waals surface area contributed by atoms with Crippen molar-refractivity contribution >= 4 is 23.5 Å². The van der Waals surface area contributed by atoms with E-state index in [4.69, 9.17) is 0 Å². The van der Waals surface area contributed by atoms with Gasteiger partial charge in [-0.05, 0) is 48.3 Å². The molecule has 1 saturated heterocycles. The monoisotopic (exact) mass is 371 g/mol. The van der Waals surface area contributed by atoms with Crippen LogP contribution in [-0.2, 0) is 9.59 Å². The van der Waals surface area contributed by atoms with Crippen molar-refractivity contribution in [3.8, 4) is 0 Å². The van der Waals surface area contributed by atoms with Crippen LogP contribution in [0.2, 0.25) is 0 Å². The molecule has 0 aromatic heterocycles. The lowest BCUT2D eigenvalue weighted by atomic mass is 9.67. The average Bonchev–Trinajstić information content (AvgIpc) is 2.86. The van der Waals surface area contributed by atoms with E-state index in [-0.39, 0.29) is 30.2 Å². The molecular weight excluding hydrogens is 342 g/mol. The lowest BCUT2D eigenvalue weighted by Crippen LogP contribution is -2.59.